The van der Waals surface area contributed by atoms with Gasteiger partial charge < -0.3 is 19.9 Å². The van der Waals surface area contributed by atoms with Crippen LogP contribution in [0, 0.1) is 0 Å². The number of anilines is 1. The van der Waals surface area contributed by atoms with Gasteiger partial charge in [0.1, 0.15) is 6.61 Å². The lowest BCUT2D eigenvalue weighted by molar-refractivity contribution is 0.0990. The zero-order chi connectivity index (χ0) is 11.8. The molecule has 1 heterocycles. The van der Waals surface area contributed by atoms with Crippen LogP contribution in [0.25, 0.3) is 0 Å². The van der Waals surface area contributed by atoms with Gasteiger partial charge in [-0.25, -0.2) is 0 Å². The second kappa shape index (κ2) is 6.90. The standard InChI is InChI=1S/C11H18N2O3/c1-3-6-15-7-8-16-11-9(12)4-5-10(13-11)14-2/h4-5H,3,6-8,12H2,1-2H3. The summed E-state index contributed by atoms with van der Waals surface area (Å²) in [6.07, 6.45) is 1.000. The van der Waals surface area contributed by atoms with E-state index in [1.54, 1.807) is 19.2 Å². The Morgan fingerprint density at radius 3 is 2.75 bits per heavy atom. The Hall–Kier alpha value is -1.49. The molecule has 0 radical (unpaired) electrons. The van der Waals surface area contributed by atoms with Gasteiger partial charge in [-0.2, -0.15) is 4.98 Å². The van der Waals surface area contributed by atoms with Crippen LogP contribution >= 0.6 is 0 Å². The molecule has 0 saturated heterocycles. The third kappa shape index (κ3) is 3.94. The number of hydrogen-bond donors (Lipinski definition) is 1. The Morgan fingerprint density at radius 1 is 1.25 bits per heavy atom. The van der Waals surface area contributed by atoms with E-state index in [0.717, 1.165) is 13.0 Å². The van der Waals surface area contributed by atoms with Crippen LogP contribution in [0.15, 0.2) is 12.1 Å². The highest BCUT2D eigenvalue weighted by atomic mass is 16.5. The zero-order valence-corrected chi connectivity index (χ0v) is 9.73. The van der Waals surface area contributed by atoms with Crippen molar-refractivity contribution in [1.29, 1.82) is 0 Å². The van der Waals surface area contributed by atoms with E-state index in [-0.39, 0.29) is 0 Å². The molecule has 0 saturated carbocycles. The molecule has 0 atom stereocenters. The topological polar surface area (TPSA) is 66.6 Å². The minimum absolute atomic E-state index is 0.388. The van der Waals surface area contributed by atoms with E-state index in [9.17, 15) is 0 Å². The summed E-state index contributed by atoms with van der Waals surface area (Å²) in [5.74, 6) is 0.873. The molecule has 0 amide bonds. The minimum atomic E-state index is 0.388. The van der Waals surface area contributed by atoms with Crippen LogP contribution in [-0.4, -0.2) is 31.9 Å². The fraction of sp³-hybridized carbons (Fsp3) is 0.545. The Labute approximate surface area is 95.5 Å². The fourth-order valence-corrected chi connectivity index (χ4v) is 1.11. The number of ether oxygens (including phenoxy) is 3. The van der Waals surface area contributed by atoms with Crippen LogP contribution in [0.3, 0.4) is 0 Å². The number of hydrogen-bond acceptors (Lipinski definition) is 5. The molecule has 0 aliphatic heterocycles. The van der Waals surface area contributed by atoms with Gasteiger partial charge in [0.15, 0.2) is 0 Å². The average molecular weight is 226 g/mol. The average Bonchev–Trinajstić information content (AvgIpc) is 2.31. The Bertz CT molecular complexity index is 318. The van der Waals surface area contributed by atoms with E-state index in [2.05, 4.69) is 11.9 Å². The Balaban J connectivity index is 2.40. The largest absolute Gasteiger partial charge is 0.481 e. The van der Waals surface area contributed by atoms with E-state index in [1.807, 2.05) is 0 Å². The Morgan fingerprint density at radius 2 is 2.06 bits per heavy atom. The predicted molar refractivity (Wildman–Crippen MR) is 61.8 cm³/mol. The van der Waals surface area contributed by atoms with Crippen LogP contribution in [-0.2, 0) is 4.74 Å². The number of methoxy groups -OCH3 is 1. The molecular weight excluding hydrogens is 208 g/mol. The maximum atomic E-state index is 5.70. The molecule has 0 aromatic carbocycles. The van der Waals surface area contributed by atoms with Crippen molar-refractivity contribution in [2.24, 2.45) is 0 Å². The highest BCUT2D eigenvalue weighted by Crippen LogP contribution is 2.21. The molecule has 90 valence electrons. The number of nitrogens with zero attached hydrogens (tertiary/aromatic N) is 1. The lowest BCUT2D eigenvalue weighted by atomic mass is 10.4. The van der Waals surface area contributed by atoms with Crippen LogP contribution in [0.5, 0.6) is 11.8 Å². The highest BCUT2D eigenvalue weighted by molar-refractivity contribution is 5.49. The molecule has 5 heteroatoms. The van der Waals surface area contributed by atoms with Crippen molar-refractivity contribution in [3.05, 3.63) is 12.1 Å². The molecule has 0 aliphatic carbocycles. The van der Waals surface area contributed by atoms with Gasteiger partial charge in [0, 0.05) is 12.7 Å². The predicted octanol–water partition coefficient (Wildman–Crippen LogP) is 1.48. The second-order valence-corrected chi connectivity index (χ2v) is 3.21. The van der Waals surface area contributed by atoms with Crippen molar-refractivity contribution in [3.8, 4) is 11.8 Å². The zero-order valence-electron chi connectivity index (χ0n) is 9.73. The molecule has 2 N–H and O–H groups in total. The highest BCUT2D eigenvalue weighted by Gasteiger charge is 2.04. The Kier molecular flexibility index (Phi) is 5.42. The summed E-state index contributed by atoms with van der Waals surface area (Å²) in [5, 5.41) is 0. The van der Waals surface area contributed by atoms with Crippen molar-refractivity contribution >= 4 is 5.69 Å². The molecule has 0 fully saturated rings. The van der Waals surface area contributed by atoms with E-state index in [1.165, 1.54) is 0 Å². The summed E-state index contributed by atoms with van der Waals surface area (Å²) in [6.45, 7) is 3.77. The SMILES string of the molecule is CCCOCCOc1nc(OC)ccc1N. The van der Waals surface area contributed by atoms with Crippen molar-refractivity contribution in [1.82, 2.24) is 4.98 Å². The van der Waals surface area contributed by atoms with Gasteiger partial charge >= 0.3 is 0 Å². The second-order valence-electron chi connectivity index (χ2n) is 3.21. The van der Waals surface area contributed by atoms with E-state index in [0.29, 0.717) is 30.7 Å². The molecule has 5 nitrogen and oxygen atoms in total. The number of nitrogen functional groups attached to an aromatic ring is 1. The smallest absolute Gasteiger partial charge is 0.240 e. The van der Waals surface area contributed by atoms with Gasteiger partial charge in [0.05, 0.1) is 19.4 Å². The first kappa shape index (κ1) is 12.6. The van der Waals surface area contributed by atoms with Gasteiger partial charge in [-0.1, -0.05) is 6.92 Å². The summed E-state index contributed by atoms with van der Waals surface area (Å²) in [6, 6.07) is 3.39. The summed E-state index contributed by atoms with van der Waals surface area (Å²) in [7, 11) is 1.55. The van der Waals surface area contributed by atoms with Crippen molar-refractivity contribution in [2.75, 3.05) is 32.7 Å². The monoisotopic (exact) mass is 226 g/mol. The van der Waals surface area contributed by atoms with Gasteiger partial charge in [0.2, 0.25) is 11.8 Å². The van der Waals surface area contributed by atoms with Crippen LogP contribution in [0.2, 0.25) is 0 Å². The normalized spacial score (nSPS) is 10.1. The number of nitrogens with two attached hydrogens (primary N) is 1. The molecule has 1 aromatic heterocycles. The van der Waals surface area contributed by atoms with Crippen molar-refractivity contribution in [2.45, 2.75) is 13.3 Å². The number of aromatic nitrogens is 1. The number of rotatable bonds is 7. The van der Waals surface area contributed by atoms with Crippen molar-refractivity contribution in [3.63, 3.8) is 0 Å². The van der Waals surface area contributed by atoms with E-state index in [4.69, 9.17) is 19.9 Å². The van der Waals surface area contributed by atoms with Gasteiger partial charge in [-0.15, -0.1) is 0 Å². The van der Waals surface area contributed by atoms with E-state index < -0.39 is 0 Å². The van der Waals surface area contributed by atoms with Crippen LogP contribution in [0.4, 0.5) is 5.69 Å². The molecule has 1 aromatic rings. The summed E-state index contributed by atoms with van der Waals surface area (Å²) in [4.78, 5) is 4.08. The maximum Gasteiger partial charge on any atom is 0.240 e. The summed E-state index contributed by atoms with van der Waals surface area (Å²) in [5.41, 5.74) is 6.20. The first-order valence-electron chi connectivity index (χ1n) is 5.29. The quantitative estimate of drug-likeness (QED) is 0.713. The first-order valence-corrected chi connectivity index (χ1v) is 5.29. The van der Waals surface area contributed by atoms with Gasteiger partial charge in [-0.3, -0.25) is 0 Å². The molecule has 0 aliphatic rings. The third-order valence-electron chi connectivity index (χ3n) is 1.89. The minimum Gasteiger partial charge on any atom is -0.481 e. The molecule has 16 heavy (non-hydrogen) atoms. The first-order chi connectivity index (χ1) is 7.77. The van der Waals surface area contributed by atoms with Crippen molar-refractivity contribution < 1.29 is 14.2 Å². The molecule has 0 bridgehead atoms. The molecular formula is C11H18N2O3. The molecule has 0 spiro atoms. The maximum absolute atomic E-state index is 5.70. The van der Waals surface area contributed by atoms with Crippen LogP contribution in [0.1, 0.15) is 13.3 Å². The third-order valence-corrected chi connectivity index (χ3v) is 1.89. The van der Waals surface area contributed by atoms with Gasteiger partial charge in [-0.05, 0) is 12.5 Å². The lowest BCUT2D eigenvalue weighted by Gasteiger charge is -2.09. The molecule has 0 unspecified atom stereocenters. The van der Waals surface area contributed by atoms with Gasteiger partial charge in [0.25, 0.3) is 0 Å². The summed E-state index contributed by atoms with van der Waals surface area (Å²) < 4.78 is 15.6. The van der Waals surface area contributed by atoms with Crippen LogP contribution < -0.4 is 15.2 Å². The van der Waals surface area contributed by atoms with E-state index >= 15 is 0 Å². The summed E-state index contributed by atoms with van der Waals surface area (Å²) >= 11 is 0. The molecule has 1 rings (SSSR count). The fourth-order valence-electron chi connectivity index (χ4n) is 1.11. The lowest BCUT2D eigenvalue weighted by Crippen LogP contribution is -2.09. The number of pyridine rings is 1.